The molecule has 12 heteroatoms. The zero-order chi connectivity index (χ0) is 29.0. The Morgan fingerprint density at radius 2 is 1.93 bits per heavy atom. The number of fused-ring (bicyclic) bond motifs is 1. The fourth-order valence-electron chi connectivity index (χ4n) is 4.75. The first-order valence-electron chi connectivity index (χ1n) is 13.4. The van der Waals surface area contributed by atoms with Gasteiger partial charge in [0.15, 0.2) is 0 Å². The van der Waals surface area contributed by atoms with Crippen LogP contribution in [0.2, 0.25) is 0 Å². The molecule has 0 bridgehead atoms. The Labute approximate surface area is 238 Å². The number of hydrogen-bond acceptors (Lipinski definition) is 9. The van der Waals surface area contributed by atoms with Gasteiger partial charge in [-0.3, -0.25) is 0 Å². The van der Waals surface area contributed by atoms with E-state index in [0.717, 1.165) is 33.5 Å². The maximum atomic E-state index is 11.3. The van der Waals surface area contributed by atoms with E-state index < -0.39 is 15.9 Å². The number of sulfone groups is 1. The second-order valence-electron chi connectivity index (χ2n) is 10.2. The van der Waals surface area contributed by atoms with Crippen molar-refractivity contribution in [2.45, 2.75) is 32.4 Å². The lowest BCUT2D eigenvalue weighted by Gasteiger charge is -2.30. The van der Waals surface area contributed by atoms with Crippen molar-refractivity contribution in [1.29, 1.82) is 0 Å². The molecule has 1 fully saturated rings. The maximum absolute atomic E-state index is 11.3. The fraction of sp³-hybridized carbons (Fsp3) is 0.345. The van der Waals surface area contributed by atoms with E-state index in [2.05, 4.69) is 20.6 Å². The van der Waals surface area contributed by atoms with Crippen LogP contribution in [0.1, 0.15) is 24.2 Å². The van der Waals surface area contributed by atoms with E-state index >= 15 is 0 Å². The molecule has 1 saturated heterocycles. The highest BCUT2D eigenvalue weighted by Crippen LogP contribution is 2.31. The van der Waals surface area contributed by atoms with Crippen molar-refractivity contribution in [3.8, 4) is 17.1 Å². The molecule has 0 unspecified atom stereocenters. The summed E-state index contributed by atoms with van der Waals surface area (Å²) in [5.41, 5.74) is 3.46. The minimum Gasteiger partial charge on any atom is -0.490 e. The van der Waals surface area contributed by atoms with E-state index in [0.29, 0.717) is 56.4 Å². The Balaban J connectivity index is 1.27. The largest absolute Gasteiger partial charge is 0.490 e. The van der Waals surface area contributed by atoms with Gasteiger partial charge in [0.2, 0.25) is 0 Å². The summed E-state index contributed by atoms with van der Waals surface area (Å²) in [6.45, 7) is 3.72. The molecule has 41 heavy (non-hydrogen) atoms. The van der Waals surface area contributed by atoms with Gasteiger partial charge in [-0.1, -0.05) is 0 Å². The second kappa shape index (κ2) is 12.1. The molecule has 5 rings (SSSR count). The molecule has 0 atom stereocenters. The lowest BCUT2D eigenvalue weighted by Crippen LogP contribution is -2.41. The van der Waals surface area contributed by atoms with E-state index in [-0.39, 0.29) is 11.9 Å². The van der Waals surface area contributed by atoms with Crippen molar-refractivity contribution < 1.29 is 27.5 Å². The van der Waals surface area contributed by atoms with Crippen LogP contribution in [-0.4, -0.2) is 72.2 Å². The molecule has 216 valence electrons. The molecular weight excluding hydrogens is 546 g/mol. The number of benzene rings is 2. The zero-order valence-corrected chi connectivity index (χ0v) is 23.8. The summed E-state index contributed by atoms with van der Waals surface area (Å²) in [7, 11) is -3.01. The standard InChI is InChI=1S/C29H33N5O6S/c1-19-15-21(4-7-26(19)39-22-9-12-34(13-10-22)29(35)36)33-28-24-16-20(3-6-25(24)31-18-32-28)27-8-5-23(40-27)17-30-11-14-41(2,37)38/h3-8,15-16,18,22,30H,9-14,17H2,1-2H3,(H,35,36)(H,31,32,33). The molecule has 3 heterocycles. The third-order valence-corrected chi connectivity index (χ3v) is 7.92. The van der Waals surface area contributed by atoms with Gasteiger partial charge in [0.05, 0.1) is 17.8 Å². The van der Waals surface area contributed by atoms with Crippen molar-refractivity contribution in [3.63, 3.8) is 0 Å². The second-order valence-corrected chi connectivity index (χ2v) is 12.5. The summed E-state index contributed by atoms with van der Waals surface area (Å²) in [6.07, 6.45) is 3.16. The minimum absolute atomic E-state index is 0.0160. The van der Waals surface area contributed by atoms with Gasteiger partial charge < -0.3 is 29.8 Å². The number of carboxylic acid groups (broad SMARTS) is 1. The first-order chi connectivity index (χ1) is 19.6. The average molecular weight is 580 g/mol. The number of ether oxygens (including phenoxy) is 1. The third-order valence-electron chi connectivity index (χ3n) is 6.97. The van der Waals surface area contributed by atoms with Crippen molar-refractivity contribution in [3.05, 3.63) is 66.2 Å². The van der Waals surface area contributed by atoms with E-state index in [4.69, 9.17) is 14.3 Å². The first-order valence-corrected chi connectivity index (χ1v) is 15.5. The van der Waals surface area contributed by atoms with Crippen LogP contribution in [0.15, 0.2) is 59.3 Å². The summed E-state index contributed by atoms with van der Waals surface area (Å²) < 4.78 is 34.8. The number of aromatic nitrogens is 2. The summed E-state index contributed by atoms with van der Waals surface area (Å²) in [6, 6.07) is 15.4. The van der Waals surface area contributed by atoms with Gasteiger partial charge in [-0.2, -0.15) is 0 Å². The highest BCUT2D eigenvalue weighted by molar-refractivity contribution is 7.90. The molecular formula is C29H33N5O6S. The fourth-order valence-corrected chi connectivity index (χ4v) is 5.26. The van der Waals surface area contributed by atoms with Gasteiger partial charge in [0.1, 0.15) is 45.4 Å². The highest BCUT2D eigenvalue weighted by Gasteiger charge is 2.24. The number of aryl methyl sites for hydroxylation is 1. The number of hydrogen-bond donors (Lipinski definition) is 3. The van der Waals surface area contributed by atoms with Crippen LogP contribution < -0.4 is 15.4 Å². The van der Waals surface area contributed by atoms with Crippen molar-refractivity contribution in [1.82, 2.24) is 20.2 Å². The number of carbonyl (C=O) groups is 1. The third kappa shape index (κ3) is 7.33. The number of anilines is 2. The van der Waals surface area contributed by atoms with Gasteiger partial charge in [-0.25, -0.2) is 23.2 Å². The molecule has 0 radical (unpaired) electrons. The monoisotopic (exact) mass is 579 g/mol. The molecule has 1 aliphatic heterocycles. The van der Waals surface area contributed by atoms with Crippen molar-refractivity contribution in [2.24, 2.45) is 0 Å². The first kappa shape index (κ1) is 28.4. The van der Waals surface area contributed by atoms with Crippen LogP contribution in [-0.2, 0) is 16.4 Å². The number of amides is 1. The molecule has 1 amide bonds. The topological polar surface area (TPSA) is 147 Å². The van der Waals surface area contributed by atoms with Crippen LogP contribution in [0.4, 0.5) is 16.3 Å². The quantitative estimate of drug-likeness (QED) is 0.228. The Bertz CT molecular complexity index is 1650. The zero-order valence-electron chi connectivity index (χ0n) is 23.0. The number of rotatable bonds is 10. The lowest BCUT2D eigenvalue weighted by molar-refractivity contribution is 0.0891. The molecule has 3 N–H and O–H groups in total. The molecule has 0 spiro atoms. The van der Waals surface area contributed by atoms with Gasteiger partial charge in [0.25, 0.3) is 0 Å². The Hall–Kier alpha value is -4.16. The normalized spacial score (nSPS) is 14.3. The van der Waals surface area contributed by atoms with Crippen molar-refractivity contribution in [2.75, 3.05) is 37.0 Å². The van der Waals surface area contributed by atoms with Crippen LogP contribution in [0.25, 0.3) is 22.2 Å². The lowest BCUT2D eigenvalue weighted by atomic mass is 10.1. The summed E-state index contributed by atoms with van der Waals surface area (Å²) in [5, 5.41) is 16.5. The molecule has 0 saturated carbocycles. The average Bonchev–Trinajstić information content (AvgIpc) is 3.41. The summed E-state index contributed by atoms with van der Waals surface area (Å²) >= 11 is 0. The number of nitrogens with zero attached hydrogens (tertiary/aromatic N) is 3. The molecule has 2 aromatic carbocycles. The Morgan fingerprint density at radius 1 is 1.12 bits per heavy atom. The van der Waals surface area contributed by atoms with Gasteiger partial charge in [-0.05, 0) is 61.0 Å². The van der Waals surface area contributed by atoms with E-state index in [1.54, 1.807) is 0 Å². The van der Waals surface area contributed by atoms with Gasteiger partial charge >= 0.3 is 6.09 Å². The smallest absolute Gasteiger partial charge is 0.407 e. The van der Waals surface area contributed by atoms with Crippen molar-refractivity contribution >= 4 is 38.3 Å². The van der Waals surface area contributed by atoms with E-state index in [9.17, 15) is 13.2 Å². The van der Waals surface area contributed by atoms with Crippen LogP contribution in [0.3, 0.4) is 0 Å². The van der Waals surface area contributed by atoms with E-state index in [1.807, 2.05) is 55.5 Å². The highest BCUT2D eigenvalue weighted by atomic mass is 32.2. The predicted octanol–water partition coefficient (Wildman–Crippen LogP) is 4.60. The van der Waals surface area contributed by atoms with Gasteiger partial charge in [0, 0.05) is 55.4 Å². The number of furan rings is 1. The number of piperidine rings is 1. The van der Waals surface area contributed by atoms with E-state index in [1.165, 1.54) is 17.5 Å². The minimum atomic E-state index is -3.01. The SMILES string of the molecule is Cc1cc(Nc2ncnc3ccc(-c4ccc(CNCCS(C)(=O)=O)o4)cc23)ccc1OC1CCN(C(=O)O)CC1. The molecule has 2 aromatic heterocycles. The molecule has 4 aromatic rings. The van der Waals surface area contributed by atoms with Crippen LogP contribution in [0, 0.1) is 6.92 Å². The number of likely N-dealkylation sites (tertiary alicyclic amines) is 1. The Kier molecular flexibility index (Phi) is 8.41. The molecule has 11 nitrogen and oxygen atoms in total. The number of nitrogens with one attached hydrogen (secondary N) is 2. The maximum Gasteiger partial charge on any atom is 0.407 e. The summed E-state index contributed by atoms with van der Waals surface area (Å²) in [5.74, 6) is 2.90. The Morgan fingerprint density at radius 3 is 2.66 bits per heavy atom. The summed E-state index contributed by atoms with van der Waals surface area (Å²) in [4.78, 5) is 21.5. The molecule has 1 aliphatic rings. The van der Waals surface area contributed by atoms with Crippen LogP contribution in [0.5, 0.6) is 5.75 Å². The van der Waals surface area contributed by atoms with Gasteiger partial charge in [-0.15, -0.1) is 0 Å². The predicted molar refractivity (Wildman–Crippen MR) is 156 cm³/mol. The van der Waals surface area contributed by atoms with Crippen LogP contribution >= 0.6 is 0 Å². The molecule has 0 aliphatic carbocycles.